The van der Waals surface area contributed by atoms with Crippen LogP contribution in [-0.4, -0.2) is 25.6 Å². The third kappa shape index (κ3) is 3.39. The second kappa shape index (κ2) is 6.21. The van der Waals surface area contributed by atoms with Crippen LogP contribution in [0.3, 0.4) is 0 Å². The fourth-order valence-corrected chi connectivity index (χ4v) is 3.60. The van der Waals surface area contributed by atoms with E-state index in [0.29, 0.717) is 22.1 Å². The number of anilines is 1. The van der Waals surface area contributed by atoms with Crippen LogP contribution in [0.5, 0.6) is 0 Å². The molecule has 0 atom stereocenters. The third-order valence-electron chi connectivity index (χ3n) is 3.28. The number of aryl methyl sites for hydroxylation is 1. The minimum atomic E-state index is -3.26. The van der Waals surface area contributed by atoms with Crippen molar-refractivity contribution in [1.82, 2.24) is 4.98 Å². The molecule has 8 heteroatoms. The number of nitrogens with zero attached hydrogens (tertiary/aromatic N) is 1. The first-order chi connectivity index (χ1) is 11.3. The van der Waals surface area contributed by atoms with Crippen LogP contribution in [0.15, 0.2) is 52.0 Å². The highest BCUT2D eigenvalue weighted by molar-refractivity contribution is 7.90. The summed E-state index contributed by atoms with van der Waals surface area (Å²) in [4.78, 5) is 17.7. The Morgan fingerprint density at radius 1 is 1.21 bits per heavy atom. The summed E-state index contributed by atoms with van der Waals surface area (Å²) < 4.78 is 28.2. The van der Waals surface area contributed by atoms with E-state index in [1.54, 1.807) is 30.5 Å². The molecule has 0 saturated carbocycles. The van der Waals surface area contributed by atoms with Crippen molar-refractivity contribution in [3.8, 4) is 10.8 Å². The van der Waals surface area contributed by atoms with Crippen molar-refractivity contribution >= 4 is 32.8 Å². The van der Waals surface area contributed by atoms with Gasteiger partial charge in [0.15, 0.2) is 20.6 Å². The molecule has 2 aromatic heterocycles. The molecule has 1 aromatic carbocycles. The van der Waals surface area contributed by atoms with Gasteiger partial charge in [-0.15, -0.1) is 11.3 Å². The molecule has 3 aromatic rings. The van der Waals surface area contributed by atoms with Gasteiger partial charge >= 0.3 is 0 Å². The summed E-state index contributed by atoms with van der Waals surface area (Å²) in [6.07, 6.45) is 2.69. The maximum absolute atomic E-state index is 12.4. The zero-order valence-corrected chi connectivity index (χ0v) is 14.6. The standard InChI is InChI=1S/C16H14N2O4S2/c1-10-14(18-16(23-10)13-4-3-9-22-13)15(19)17-11-5-7-12(8-6-11)24(2,20)21/h3-9H,1-2H3,(H,17,19). The van der Waals surface area contributed by atoms with Crippen molar-refractivity contribution in [1.29, 1.82) is 0 Å². The SMILES string of the molecule is Cc1sc(-c2ccco2)nc1C(=O)Nc1ccc(S(C)(=O)=O)cc1. The van der Waals surface area contributed by atoms with Gasteiger partial charge in [0.2, 0.25) is 0 Å². The molecule has 124 valence electrons. The van der Waals surface area contributed by atoms with Gasteiger partial charge < -0.3 is 9.73 Å². The number of furan rings is 1. The number of benzene rings is 1. The Kier molecular flexibility index (Phi) is 4.25. The zero-order chi connectivity index (χ0) is 17.3. The van der Waals surface area contributed by atoms with Gasteiger partial charge in [-0.1, -0.05) is 0 Å². The topological polar surface area (TPSA) is 89.3 Å². The van der Waals surface area contributed by atoms with E-state index < -0.39 is 9.84 Å². The van der Waals surface area contributed by atoms with E-state index in [0.717, 1.165) is 11.1 Å². The molecule has 2 heterocycles. The molecule has 0 radical (unpaired) electrons. The second-order valence-corrected chi connectivity index (χ2v) is 8.37. The van der Waals surface area contributed by atoms with Gasteiger partial charge in [0.05, 0.1) is 11.2 Å². The molecule has 1 amide bonds. The third-order valence-corrected chi connectivity index (χ3v) is 5.40. The van der Waals surface area contributed by atoms with Crippen LogP contribution < -0.4 is 5.32 Å². The van der Waals surface area contributed by atoms with Gasteiger partial charge in [-0.3, -0.25) is 4.79 Å². The Morgan fingerprint density at radius 3 is 2.50 bits per heavy atom. The van der Waals surface area contributed by atoms with Crippen molar-refractivity contribution in [3.05, 3.63) is 53.2 Å². The number of rotatable bonds is 4. The van der Waals surface area contributed by atoms with E-state index in [1.807, 2.05) is 6.92 Å². The lowest BCUT2D eigenvalue weighted by Crippen LogP contribution is -2.13. The number of aromatic nitrogens is 1. The fourth-order valence-electron chi connectivity index (χ4n) is 2.09. The average Bonchev–Trinajstić information content (AvgIpc) is 3.16. The first kappa shape index (κ1) is 16.4. The molecular weight excluding hydrogens is 348 g/mol. The summed E-state index contributed by atoms with van der Waals surface area (Å²) in [6, 6.07) is 9.53. The predicted octanol–water partition coefficient (Wildman–Crippen LogP) is 3.37. The minimum absolute atomic E-state index is 0.199. The number of nitrogens with one attached hydrogen (secondary N) is 1. The molecular formula is C16H14N2O4S2. The second-order valence-electron chi connectivity index (χ2n) is 5.15. The molecule has 6 nitrogen and oxygen atoms in total. The van der Waals surface area contributed by atoms with Gasteiger partial charge in [0, 0.05) is 16.8 Å². The Bertz CT molecular complexity index is 972. The number of sulfone groups is 1. The van der Waals surface area contributed by atoms with Crippen molar-refractivity contribution in [2.75, 3.05) is 11.6 Å². The number of amides is 1. The van der Waals surface area contributed by atoms with Crippen LogP contribution in [-0.2, 0) is 9.84 Å². The van der Waals surface area contributed by atoms with Crippen LogP contribution in [0.25, 0.3) is 10.8 Å². The highest BCUT2D eigenvalue weighted by Gasteiger charge is 2.18. The first-order valence-corrected chi connectivity index (χ1v) is 9.68. The highest BCUT2D eigenvalue weighted by Crippen LogP contribution is 2.28. The van der Waals surface area contributed by atoms with Crippen molar-refractivity contribution in [3.63, 3.8) is 0 Å². The highest BCUT2D eigenvalue weighted by atomic mass is 32.2. The number of carbonyl (C=O) groups is 1. The number of thiazole rings is 1. The lowest BCUT2D eigenvalue weighted by atomic mass is 10.3. The Labute approximate surface area is 143 Å². The average molecular weight is 362 g/mol. The van der Waals surface area contributed by atoms with E-state index in [9.17, 15) is 13.2 Å². The molecule has 3 rings (SSSR count). The van der Waals surface area contributed by atoms with Crippen molar-refractivity contribution in [2.24, 2.45) is 0 Å². The van der Waals surface area contributed by atoms with E-state index in [2.05, 4.69) is 10.3 Å². The van der Waals surface area contributed by atoms with E-state index in [-0.39, 0.29) is 10.8 Å². The van der Waals surface area contributed by atoms with Crippen LogP contribution in [0.4, 0.5) is 5.69 Å². The molecule has 0 aliphatic rings. The zero-order valence-electron chi connectivity index (χ0n) is 12.9. The van der Waals surface area contributed by atoms with Gasteiger partial charge in [0.1, 0.15) is 5.69 Å². The number of carbonyl (C=O) groups excluding carboxylic acids is 1. The minimum Gasteiger partial charge on any atom is -0.462 e. The summed E-state index contributed by atoms with van der Waals surface area (Å²) in [5, 5.41) is 3.35. The van der Waals surface area contributed by atoms with E-state index in [1.165, 1.54) is 23.5 Å². The fraction of sp³-hybridized carbons (Fsp3) is 0.125. The first-order valence-electron chi connectivity index (χ1n) is 6.97. The summed E-state index contributed by atoms with van der Waals surface area (Å²) in [5.41, 5.74) is 0.818. The van der Waals surface area contributed by atoms with E-state index >= 15 is 0 Å². The summed E-state index contributed by atoms with van der Waals surface area (Å²) in [7, 11) is -3.26. The summed E-state index contributed by atoms with van der Waals surface area (Å²) >= 11 is 1.37. The van der Waals surface area contributed by atoms with Crippen LogP contribution in [0, 0.1) is 6.92 Å². The van der Waals surface area contributed by atoms with Gasteiger partial charge in [-0.25, -0.2) is 13.4 Å². The molecule has 0 bridgehead atoms. The monoisotopic (exact) mass is 362 g/mol. The van der Waals surface area contributed by atoms with Crippen molar-refractivity contribution in [2.45, 2.75) is 11.8 Å². The van der Waals surface area contributed by atoms with Crippen LogP contribution >= 0.6 is 11.3 Å². The largest absolute Gasteiger partial charge is 0.462 e. The molecule has 24 heavy (non-hydrogen) atoms. The van der Waals surface area contributed by atoms with Crippen molar-refractivity contribution < 1.29 is 17.6 Å². The predicted molar refractivity (Wildman–Crippen MR) is 92.1 cm³/mol. The molecule has 0 unspecified atom stereocenters. The van der Waals surface area contributed by atoms with Crippen LogP contribution in [0.2, 0.25) is 0 Å². The molecule has 0 aliphatic heterocycles. The van der Waals surface area contributed by atoms with Gasteiger partial charge in [-0.05, 0) is 43.3 Å². The van der Waals surface area contributed by atoms with E-state index in [4.69, 9.17) is 4.42 Å². The lowest BCUT2D eigenvalue weighted by molar-refractivity contribution is 0.102. The maximum Gasteiger partial charge on any atom is 0.275 e. The normalized spacial score (nSPS) is 11.4. The number of hydrogen-bond donors (Lipinski definition) is 1. The summed E-state index contributed by atoms with van der Waals surface area (Å²) in [6.45, 7) is 1.81. The van der Waals surface area contributed by atoms with Gasteiger partial charge in [-0.2, -0.15) is 0 Å². The number of hydrogen-bond acceptors (Lipinski definition) is 6. The maximum atomic E-state index is 12.4. The smallest absolute Gasteiger partial charge is 0.275 e. The Morgan fingerprint density at radius 2 is 1.92 bits per heavy atom. The Hall–Kier alpha value is -2.45. The molecule has 0 saturated heterocycles. The van der Waals surface area contributed by atoms with Crippen LogP contribution in [0.1, 0.15) is 15.4 Å². The molecule has 0 aliphatic carbocycles. The molecule has 0 fully saturated rings. The lowest BCUT2D eigenvalue weighted by Gasteiger charge is -2.05. The van der Waals surface area contributed by atoms with Gasteiger partial charge in [0.25, 0.3) is 5.91 Å². The molecule has 0 spiro atoms. The molecule has 1 N–H and O–H groups in total. The Balaban J connectivity index is 1.80. The summed E-state index contributed by atoms with van der Waals surface area (Å²) in [5.74, 6) is 0.258. The quantitative estimate of drug-likeness (QED) is 0.768.